The number of carbonyl (C=O) groups is 1. The molecule has 2 aromatic carbocycles. The second-order valence-corrected chi connectivity index (χ2v) is 4.32. The molecule has 4 nitrogen and oxygen atoms in total. The van der Waals surface area contributed by atoms with Gasteiger partial charge in [0.25, 0.3) is 5.91 Å². The van der Waals surface area contributed by atoms with Gasteiger partial charge in [-0.2, -0.15) is 0 Å². The number of benzene rings is 2. The van der Waals surface area contributed by atoms with Gasteiger partial charge >= 0.3 is 0 Å². The van der Waals surface area contributed by atoms with Gasteiger partial charge in [-0.15, -0.1) is 0 Å². The zero-order valence-corrected chi connectivity index (χ0v) is 11.6. The summed E-state index contributed by atoms with van der Waals surface area (Å²) in [5.41, 5.74) is 2.34. The molecule has 0 aliphatic carbocycles. The minimum absolute atomic E-state index is 0.151. The van der Waals surface area contributed by atoms with Crippen LogP contribution >= 0.6 is 0 Å². The van der Waals surface area contributed by atoms with E-state index < -0.39 is 0 Å². The molecule has 0 radical (unpaired) electrons. The summed E-state index contributed by atoms with van der Waals surface area (Å²) in [4.78, 5) is 12.1. The summed E-state index contributed by atoms with van der Waals surface area (Å²) in [6.07, 6.45) is 0. The maximum Gasteiger partial charge on any atom is 0.255 e. The molecule has 0 aromatic heterocycles. The Balaban J connectivity index is 2.07. The monoisotopic (exact) mass is 271 g/mol. The quantitative estimate of drug-likeness (QED) is 0.909. The molecule has 2 aromatic rings. The smallest absolute Gasteiger partial charge is 0.255 e. The van der Waals surface area contributed by atoms with Crippen molar-refractivity contribution < 1.29 is 14.3 Å². The van der Waals surface area contributed by atoms with Crippen molar-refractivity contribution in [3.8, 4) is 5.75 Å². The molecule has 2 rings (SSSR count). The highest BCUT2D eigenvalue weighted by atomic mass is 16.5. The fraction of sp³-hybridized carbons (Fsp3) is 0.188. The normalized spacial score (nSPS) is 10.1. The molecule has 0 saturated heterocycles. The predicted octanol–water partition coefficient (Wildman–Crippen LogP) is 3.09. The third kappa shape index (κ3) is 3.59. The number of hydrogen-bond donors (Lipinski definition) is 1. The second-order valence-electron chi connectivity index (χ2n) is 4.32. The standard InChI is InChI=1S/C16H17NO3/c1-19-11-12-6-8-13(9-7-12)16(18)17-14-4-3-5-15(10-14)20-2/h3-10H,11H2,1-2H3,(H,17,18). The summed E-state index contributed by atoms with van der Waals surface area (Å²) in [7, 11) is 3.23. The van der Waals surface area contributed by atoms with Crippen LogP contribution in [0.4, 0.5) is 5.69 Å². The molecule has 1 amide bonds. The van der Waals surface area contributed by atoms with Gasteiger partial charge in [-0.1, -0.05) is 18.2 Å². The van der Waals surface area contributed by atoms with E-state index in [1.807, 2.05) is 30.3 Å². The molecular weight excluding hydrogens is 254 g/mol. The Kier molecular flexibility index (Phi) is 4.74. The first kappa shape index (κ1) is 14.1. The average Bonchev–Trinajstić information content (AvgIpc) is 2.48. The Bertz CT molecular complexity index is 579. The zero-order valence-electron chi connectivity index (χ0n) is 11.6. The van der Waals surface area contributed by atoms with Crippen molar-refractivity contribution in [2.45, 2.75) is 6.61 Å². The van der Waals surface area contributed by atoms with E-state index in [0.717, 1.165) is 5.56 Å². The van der Waals surface area contributed by atoms with Crippen molar-refractivity contribution >= 4 is 11.6 Å². The molecule has 0 unspecified atom stereocenters. The maximum absolute atomic E-state index is 12.1. The largest absolute Gasteiger partial charge is 0.497 e. The van der Waals surface area contributed by atoms with Crippen LogP contribution in [0.5, 0.6) is 5.75 Å². The highest BCUT2D eigenvalue weighted by molar-refractivity contribution is 6.04. The number of nitrogens with one attached hydrogen (secondary N) is 1. The highest BCUT2D eigenvalue weighted by Crippen LogP contribution is 2.17. The second kappa shape index (κ2) is 6.73. The van der Waals surface area contributed by atoms with Crippen LogP contribution < -0.4 is 10.1 Å². The molecule has 0 heterocycles. The lowest BCUT2D eigenvalue weighted by atomic mass is 10.1. The molecule has 0 aliphatic heterocycles. The summed E-state index contributed by atoms with van der Waals surface area (Å²) in [5, 5.41) is 2.83. The number of methoxy groups -OCH3 is 2. The first-order valence-corrected chi connectivity index (χ1v) is 6.26. The molecule has 0 bridgehead atoms. The Morgan fingerprint density at radius 3 is 2.50 bits per heavy atom. The van der Waals surface area contributed by atoms with E-state index in [1.165, 1.54) is 0 Å². The number of hydrogen-bond acceptors (Lipinski definition) is 3. The van der Waals surface area contributed by atoms with Gasteiger partial charge in [-0.05, 0) is 29.8 Å². The van der Waals surface area contributed by atoms with E-state index in [9.17, 15) is 4.79 Å². The number of rotatable bonds is 5. The van der Waals surface area contributed by atoms with Gasteiger partial charge in [-0.25, -0.2) is 0 Å². The van der Waals surface area contributed by atoms with Crippen molar-refractivity contribution in [3.05, 3.63) is 59.7 Å². The van der Waals surface area contributed by atoms with Gasteiger partial charge in [0.05, 0.1) is 13.7 Å². The molecule has 0 spiro atoms. The van der Waals surface area contributed by atoms with Gasteiger partial charge in [0.15, 0.2) is 0 Å². The van der Waals surface area contributed by atoms with Gasteiger partial charge < -0.3 is 14.8 Å². The minimum Gasteiger partial charge on any atom is -0.497 e. The van der Waals surface area contributed by atoms with Crippen molar-refractivity contribution in [2.75, 3.05) is 19.5 Å². The third-order valence-electron chi connectivity index (χ3n) is 2.85. The molecule has 0 fully saturated rings. The highest BCUT2D eigenvalue weighted by Gasteiger charge is 2.06. The van der Waals surface area contributed by atoms with E-state index >= 15 is 0 Å². The summed E-state index contributed by atoms with van der Waals surface area (Å²) in [6.45, 7) is 0.539. The topological polar surface area (TPSA) is 47.6 Å². The zero-order chi connectivity index (χ0) is 14.4. The van der Waals surface area contributed by atoms with Crippen molar-refractivity contribution in [1.29, 1.82) is 0 Å². The fourth-order valence-corrected chi connectivity index (χ4v) is 1.82. The van der Waals surface area contributed by atoms with Crippen LogP contribution in [0.2, 0.25) is 0 Å². The number of anilines is 1. The Morgan fingerprint density at radius 1 is 1.10 bits per heavy atom. The molecule has 0 saturated carbocycles. The van der Waals surface area contributed by atoms with Gasteiger partial charge in [0.1, 0.15) is 5.75 Å². The first-order valence-electron chi connectivity index (χ1n) is 6.26. The van der Waals surface area contributed by atoms with Crippen LogP contribution in [0, 0.1) is 0 Å². The number of amides is 1. The van der Waals surface area contributed by atoms with E-state index in [1.54, 1.807) is 32.4 Å². The maximum atomic E-state index is 12.1. The van der Waals surface area contributed by atoms with Crippen molar-refractivity contribution in [3.63, 3.8) is 0 Å². The summed E-state index contributed by atoms with van der Waals surface area (Å²) >= 11 is 0. The average molecular weight is 271 g/mol. The van der Waals surface area contributed by atoms with Crippen LogP contribution in [0.25, 0.3) is 0 Å². The van der Waals surface area contributed by atoms with Crippen LogP contribution in [0.15, 0.2) is 48.5 Å². The van der Waals surface area contributed by atoms with E-state index in [-0.39, 0.29) is 5.91 Å². The number of carbonyl (C=O) groups excluding carboxylic acids is 1. The summed E-state index contributed by atoms with van der Waals surface area (Å²) in [5.74, 6) is 0.556. The lowest BCUT2D eigenvalue weighted by molar-refractivity contribution is 0.102. The van der Waals surface area contributed by atoms with E-state index in [2.05, 4.69) is 5.32 Å². The Labute approximate surface area is 118 Å². The minimum atomic E-state index is -0.151. The lowest BCUT2D eigenvalue weighted by Gasteiger charge is -2.07. The molecule has 20 heavy (non-hydrogen) atoms. The number of ether oxygens (including phenoxy) is 2. The molecule has 0 atom stereocenters. The fourth-order valence-electron chi connectivity index (χ4n) is 1.82. The van der Waals surface area contributed by atoms with Gasteiger partial charge in [-0.3, -0.25) is 4.79 Å². The SMILES string of the molecule is COCc1ccc(C(=O)Nc2cccc(OC)c2)cc1. The molecule has 4 heteroatoms. The summed E-state index contributed by atoms with van der Waals surface area (Å²) < 4.78 is 10.2. The summed E-state index contributed by atoms with van der Waals surface area (Å²) in [6, 6.07) is 14.6. The molecule has 1 N–H and O–H groups in total. The first-order chi connectivity index (χ1) is 9.72. The van der Waals surface area contributed by atoms with Crippen molar-refractivity contribution in [1.82, 2.24) is 0 Å². The van der Waals surface area contributed by atoms with Crippen LogP contribution in [0.3, 0.4) is 0 Å². The lowest BCUT2D eigenvalue weighted by Crippen LogP contribution is -2.11. The molecular formula is C16H17NO3. The van der Waals surface area contributed by atoms with E-state index in [4.69, 9.17) is 9.47 Å². The third-order valence-corrected chi connectivity index (χ3v) is 2.85. The molecule has 0 aliphatic rings. The van der Waals surface area contributed by atoms with E-state index in [0.29, 0.717) is 23.6 Å². The van der Waals surface area contributed by atoms with Crippen LogP contribution in [-0.4, -0.2) is 20.1 Å². The predicted molar refractivity (Wildman–Crippen MR) is 78.1 cm³/mol. The van der Waals surface area contributed by atoms with Gasteiger partial charge in [0, 0.05) is 24.4 Å². The van der Waals surface area contributed by atoms with Crippen LogP contribution in [0.1, 0.15) is 15.9 Å². The van der Waals surface area contributed by atoms with Crippen molar-refractivity contribution in [2.24, 2.45) is 0 Å². The Hall–Kier alpha value is -2.33. The Morgan fingerprint density at radius 2 is 1.85 bits per heavy atom. The van der Waals surface area contributed by atoms with Crippen LogP contribution in [-0.2, 0) is 11.3 Å². The molecule has 104 valence electrons. The van der Waals surface area contributed by atoms with Gasteiger partial charge in [0.2, 0.25) is 0 Å².